The maximum Gasteiger partial charge on any atom is 0.270 e. The van der Waals surface area contributed by atoms with Gasteiger partial charge >= 0.3 is 0 Å². The van der Waals surface area contributed by atoms with Crippen molar-refractivity contribution < 1.29 is 9.72 Å². The number of benzene rings is 2. The zero-order valence-electron chi connectivity index (χ0n) is 13.4. The van der Waals surface area contributed by atoms with Crippen molar-refractivity contribution in [1.29, 1.82) is 0 Å². The molecule has 0 spiro atoms. The second kappa shape index (κ2) is 6.91. The van der Waals surface area contributed by atoms with Gasteiger partial charge in [0, 0.05) is 17.7 Å². The third-order valence-electron chi connectivity index (χ3n) is 3.74. The highest BCUT2D eigenvalue weighted by Gasteiger charge is 2.14. The van der Waals surface area contributed by atoms with Crippen molar-refractivity contribution in [3.63, 3.8) is 0 Å². The van der Waals surface area contributed by atoms with Crippen LogP contribution in [0.25, 0.3) is 5.69 Å². The van der Waals surface area contributed by atoms with E-state index in [1.165, 1.54) is 24.5 Å². The van der Waals surface area contributed by atoms with E-state index in [1.807, 2.05) is 31.2 Å². The van der Waals surface area contributed by atoms with Crippen molar-refractivity contribution >= 4 is 11.6 Å². The van der Waals surface area contributed by atoms with Crippen LogP contribution in [0.1, 0.15) is 28.9 Å². The summed E-state index contributed by atoms with van der Waals surface area (Å²) >= 11 is 0. The monoisotopic (exact) mass is 337 g/mol. The highest BCUT2D eigenvalue weighted by molar-refractivity contribution is 5.95. The number of aromatic nitrogens is 3. The van der Waals surface area contributed by atoms with Crippen molar-refractivity contribution in [3.05, 3.63) is 82.4 Å². The Bertz CT molecular complexity index is 891. The number of nitrogens with zero attached hydrogens (tertiary/aromatic N) is 4. The van der Waals surface area contributed by atoms with E-state index < -0.39 is 4.92 Å². The van der Waals surface area contributed by atoms with Gasteiger partial charge in [0.1, 0.15) is 12.7 Å². The summed E-state index contributed by atoms with van der Waals surface area (Å²) in [7, 11) is 0. The first kappa shape index (κ1) is 16.3. The first-order valence-electron chi connectivity index (χ1n) is 7.55. The van der Waals surface area contributed by atoms with E-state index in [-0.39, 0.29) is 23.2 Å². The first-order chi connectivity index (χ1) is 12.0. The molecule has 1 atom stereocenters. The van der Waals surface area contributed by atoms with Gasteiger partial charge in [-0.1, -0.05) is 18.2 Å². The van der Waals surface area contributed by atoms with Crippen LogP contribution in [-0.4, -0.2) is 25.6 Å². The lowest BCUT2D eigenvalue weighted by molar-refractivity contribution is -0.384. The topological polar surface area (TPSA) is 103 Å². The molecule has 0 unspecified atom stereocenters. The van der Waals surface area contributed by atoms with Gasteiger partial charge in [-0.25, -0.2) is 9.67 Å². The third-order valence-corrected chi connectivity index (χ3v) is 3.74. The van der Waals surface area contributed by atoms with E-state index >= 15 is 0 Å². The van der Waals surface area contributed by atoms with Gasteiger partial charge in [-0.2, -0.15) is 5.10 Å². The molecule has 3 rings (SSSR count). The maximum absolute atomic E-state index is 12.3. The molecule has 1 heterocycles. The summed E-state index contributed by atoms with van der Waals surface area (Å²) < 4.78 is 1.64. The number of nitrogens with one attached hydrogen (secondary N) is 1. The van der Waals surface area contributed by atoms with Crippen molar-refractivity contribution in [2.24, 2.45) is 0 Å². The number of hydrogen-bond acceptors (Lipinski definition) is 5. The van der Waals surface area contributed by atoms with Gasteiger partial charge in [0.25, 0.3) is 11.6 Å². The molecule has 1 N–H and O–H groups in total. The molecule has 1 amide bonds. The zero-order chi connectivity index (χ0) is 17.8. The Morgan fingerprint density at radius 3 is 2.64 bits per heavy atom. The summed E-state index contributed by atoms with van der Waals surface area (Å²) in [6.45, 7) is 1.85. The smallest absolute Gasteiger partial charge is 0.270 e. The van der Waals surface area contributed by atoms with E-state index in [4.69, 9.17) is 0 Å². The maximum atomic E-state index is 12.3. The Hall–Kier alpha value is -3.55. The lowest BCUT2D eigenvalue weighted by Gasteiger charge is -2.15. The zero-order valence-corrected chi connectivity index (χ0v) is 13.4. The fraction of sp³-hybridized carbons (Fsp3) is 0.118. The Morgan fingerprint density at radius 1 is 1.24 bits per heavy atom. The van der Waals surface area contributed by atoms with Gasteiger partial charge < -0.3 is 5.32 Å². The summed E-state index contributed by atoms with van der Waals surface area (Å²) in [5, 5.41) is 17.7. The van der Waals surface area contributed by atoms with Crippen LogP contribution < -0.4 is 5.32 Å². The predicted octanol–water partition coefficient (Wildman–Crippen LogP) is 2.67. The largest absolute Gasteiger partial charge is 0.346 e. The summed E-state index contributed by atoms with van der Waals surface area (Å²) in [6, 6.07) is 12.9. The molecule has 0 aliphatic carbocycles. The molecule has 126 valence electrons. The molecular formula is C17H15N5O3. The van der Waals surface area contributed by atoms with Crippen molar-refractivity contribution in [3.8, 4) is 5.69 Å². The average Bonchev–Trinajstić information content (AvgIpc) is 3.16. The molecule has 8 heteroatoms. The quantitative estimate of drug-likeness (QED) is 0.569. The van der Waals surface area contributed by atoms with E-state index in [2.05, 4.69) is 15.4 Å². The third kappa shape index (κ3) is 3.69. The molecule has 0 radical (unpaired) electrons. The van der Waals surface area contributed by atoms with Crippen molar-refractivity contribution in [1.82, 2.24) is 20.1 Å². The van der Waals surface area contributed by atoms with Gasteiger partial charge in [0.05, 0.1) is 16.7 Å². The summed E-state index contributed by atoms with van der Waals surface area (Å²) in [6.07, 6.45) is 3.05. The van der Waals surface area contributed by atoms with Crippen molar-refractivity contribution in [2.75, 3.05) is 0 Å². The first-order valence-corrected chi connectivity index (χ1v) is 7.55. The normalized spacial score (nSPS) is 11.7. The molecular weight excluding hydrogens is 322 g/mol. The summed E-state index contributed by atoms with van der Waals surface area (Å²) in [4.78, 5) is 26.5. The summed E-state index contributed by atoms with van der Waals surface area (Å²) in [5.74, 6) is -0.364. The number of nitro groups is 1. The second-order valence-corrected chi connectivity index (χ2v) is 5.43. The van der Waals surface area contributed by atoms with Crippen LogP contribution in [0.15, 0.2) is 61.2 Å². The van der Waals surface area contributed by atoms with Crippen LogP contribution in [-0.2, 0) is 0 Å². The minimum Gasteiger partial charge on any atom is -0.346 e. The number of nitro benzene ring substituents is 1. The number of rotatable bonds is 5. The minimum atomic E-state index is -0.525. The van der Waals surface area contributed by atoms with Gasteiger partial charge in [0.2, 0.25) is 0 Å². The Balaban J connectivity index is 1.71. The number of carbonyl (C=O) groups excluding carboxylic acids is 1. The number of hydrogen-bond donors (Lipinski definition) is 1. The molecule has 0 saturated carbocycles. The van der Waals surface area contributed by atoms with Crippen LogP contribution in [0, 0.1) is 10.1 Å². The number of amides is 1. The molecule has 8 nitrogen and oxygen atoms in total. The second-order valence-electron chi connectivity index (χ2n) is 5.43. The standard InChI is InChI=1S/C17H15N5O3/c1-12(13-5-7-15(8-6-13)21-11-18-10-19-21)20-17(23)14-3-2-4-16(9-14)22(24)25/h2-12H,1H3,(H,20,23)/t12-/m1/s1. The molecule has 0 aliphatic heterocycles. The van der Waals surface area contributed by atoms with Gasteiger partial charge in [-0.15, -0.1) is 0 Å². The van der Waals surface area contributed by atoms with Crippen LogP contribution in [0.2, 0.25) is 0 Å². The highest BCUT2D eigenvalue weighted by atomic mass is 16.6. The minimum absolute atomic E-state index is 0.113. The molecule has 0 aliphatic rings. The number of non-ortho nitro benzene ring substituents is 1. The van der Waals surface area contributed by atoms with Gasteiger partial charge in [-0.05, 0) is 30.7 Å². The van der Waals surface area contributed by atoms with Gasteiger partial charge in [0.15, 0.2) is 0 Å². The van der Waals surface area contributed by atoms with E-state index in [0.717, 1.165) is 11.3 Å². The van der Waals surface area contributed by atoms with Gasteiger partial charge in [-0.3, -0.25) is 14.9 Å². The Labute approximate surface area is 143 Å². The van der Waals surface area contributed by atoms with E-state index in [0.29, 0.717) is 0 Å². The van der Waals surface area contributed by atoms with Crippen LogP contribution in [0.5, 0.6) is 0 Å². The molecule has 3 aromatic rings. The number of carbonyl (C=O) groups is 1. The Morgan fingerprint density at radius 2 is 2.00 bits per heavy atom. The highest BCUT2D eigenvalue weighted by Crippen LogP contribution is 2.17. The molecule has 2 aromatic carbocycles. The average molecular weight is 337 g/mol. The van der Waals surface area contributed by atoms with E-state index in [1.54, 1.807) is 17.1 Å². The van der Waals surface area contributed by atoms with Crippen LogP contribution in [0.3, 0.4) is 0 Å². The van der Waals surface area contributed by atoms with Crippen LogP contribution >= 0.6 is 0 Å². The molecule has 0 fully saturated rings. The van der Waals surface area contributed by atoms with Crippen molar-refractivity contribution in [2.45, 2.75) is 13.0 Å². The Kier molecular flexibility index (Phi) is 4.51. The molecule has 0 bridgehead atoms. The molecule has 0 saturated heterocycles. The molecule has 1 aromatic heterocycles. The molecule has 25 heavy (non-hydrogen) atoms. The fourth-order valence-corrected chi connectivity index (χ4v) is 2.38. The SMILES string of the molecule is C[C@@H](NC(=O)c1cccc([N+](=O)[O-])c1)c1ccc(-n2cncn2)cc1. The predicted molar refractivity (Wildman–Crippen MR) is 90.3 cm³/mol. The lowest BCUT2D eigenvalue weighted by atomic mass is 10.1. The van der Waals surface area contributed by atoms with E-state index in [9.17, 15) is 14.9 Å². The van der Waals surface area contributed by atoms with Crippen LogP contribution in [0.4, 0.5) is 5.69 Å². The fourth-order valence-electron chi connectivity index (χ4n) is 2.38. The lowest BCUT2D eigenvalue weighted by Crippen LogP contribution is -2.26. The summed E-state index contributed by atoms with van der Waals surface area (Å²) in [5.41, 5.74) is 1.90.